The summed E-state index contributed by atoms with van der Waals surface area (Å²) in [7, 11) is 1.66. The summed E-state index contributed by atoms with van der Waals surface area (Å²) in [6.07, 6.45) is 4.24. The number of hydrogen-bond acceptors (Lipinski definition) is 5. The molecule has 2 aromatic carbocycles. The smallest absolute Gasteiger partial charge is 0.186 e. The molecule has 4 atom stereocenters. The van der Waals surface area contributed by atoms with E-state index in [1.165, 1.54) is 6.42 Å². The lowest BCUT2D eigenvalue weighted by Crippen LogP contribution is -2.38. The SMILES string of the molecule is CO[C@@H]1O[C@H](COC(c2ccccc2)c2ccccc2)[C@H]2OC3(CCCCC3)O[C@@H]12. The average molecular weight is 411 g/mol. The maximum atomic E-state index is 6.50. The molecule has 3 fully saturated rings. The summed E-state index contributed by atoms with van der Waals surface area (Å²) in [5.74, 6) is -0.468. The number of benzene rings is 2. The fourth-order valence-electron chi connectivity index (χ4n) is 4.96. The van der Waals surface area contributed by atoms with Gasteiger partial charge in [-0.05, 0) is 24.0 Å². The summed E-state index contributed by atoms with van der Waals surface area (Å²) in [6, 6.07) is 20.6. The second kappa shape index (κ2) is 8.77. The Morgan fingerprint density at radius 2 is 1.47 bits per heavy atom. The van der Waals surface area contributed by atoms with Gasteiger partial charge in [0, 0.05) is 20.0 Å². The van der Waals surface area contributed by atoms with Crippen molar-refractivity contribution in [3.8, 4) is 0 Å². The van der Waals surface area contributed by atoms with Gasteiger partial charge < -0.3 is 23.7 Å². The highest BCUT2D eigenvalue weighted by atomic mass is 16.8. The van der Waals surface area contributed by atoms with Crippen LogP contribution in [0.25, 0.3) is 0 Å². The first-order valence-corrected chi connectivity index (χ1v) is 11.0. The van der Waals surface area contributed by atoms with Crippen LogP contribution in [0.5, 0.6) is 0 Å². The van der Waals surface area contributed by atoms with E-state index in [0.29, 0.717) is 6.61 Å². The summed E-state index contributed by atoms with van der Waals surface area (Å²) < 4.78 is 31.1. The minimum Gasteiger partial charge on any atom is -0.366 e. The second-order valence-electron chi connectivity index (χ2n) is 8.45. The fraction of sp³-hybridized carbons (Fsp3) is 0.520. The van der Waals surface area contributed by atoms with E-state index >= 15 is 0 Å². The lowest BCUT2D eigenvalue weighted by Gasteiger charge is -2.34. The first-order valence-electron chi connectivity index (χ1n) is 11.0. The molecule has 1 aliphatic carbocycles. The van der Waals surface area contributed by atoms with Crippen LogP contribution < -0.4 is 0 Å². The van der Waals surface area contributed by atoms with E-state index in [1.54, 1.807) is 7.11 Å². The highest BCUT2D eigenvalue weighted by Gasteiger charge is 2.58. The van der Waals surface area contributed by atoms with Crippen LogP contribution in [0.2, 0.25) is 0 Å². The Morgan fingerprint density at radius 3 is 2.07 bits per heavy atom. The third-order valence-corrected chi connectivity index (χ3v) is 6.45. The molecule has 2 heterocycles. The van der Waals surface area contributed by atoms with Gasteiger partial charge in [-0.3, -0.25) is 0 Å². The Balaban J connectivity index is 1.33. The minimum atomic E-state index is -0.468. The van der Waals surface area contributed by atoms with Crippen LogP contribution in [0.4, 0.5) is 0 Å². The lowest BCUT2D eigenvalue weighted by molar-refractivity contribution is -0.255. The van der Waals surface area contributed by atoms with Gasteiger partial charge in [-0.2, -0.15) is 0 Å². The fourth-order valence-corrected chi connectivity index (χ4v) is 4.96. The van der Waals surface area contributed by atoms with Gasteiger partial charge in [-0.25, -0.2) is 0 Å². The molecule has 5 rings (SSSR count). The van der Waals surface area contributed by atoms with Gasteiger partial charge in [0.1, 0.15) is 24.4 Å². The molecule has 0 amide bonds. The number of hydrogen-bond donors (Lipinski definition) is 0. The zero-order chi connectivity index (χ0) is 20.4. The maximum Gasteiger partial charge on any atom is 0.186 e. The summed E-state index contributed by atoms with van der Waals surface area (Å²) in [5, 5.41) is 0. The van der Waals surface area contributed by atoms with Gasteiger partial charge in [-0.1, -0.05) is 67.1 Å². The topological polar surface area (TPSA) is 46.2 Å². The van der Waals surface area contributed by atoms with Crippen molar-refractivity contribution in [2.45, 2.75) is 68.6 Å². The standard InChI is InChI=1S/C25H30O5/c1-26-24-23-22(29-25(30-23)15-9-4-10-16-25)20(28-24)17-27-21(18-11-5-2-6-12-18)19-13-7-3-8-14-19/h2-3,5-8,11-14,20-24H,4,9-10,15-17H2,1H3/t20-,22-,23-,24-/m1/s1. The van der Waals surface area contributed by atoms with E-state index in [4.69, 9.17) is 23.7 Å². The third kappa shape index (κ3) is 3.93. The molecule has 0 N–H and O–H groups in total. The van der Waals surface area contributed by atoms with Crippen molar-refractivity contribution in [3.05, 3.63) is 71.8 Å². The van der Waals surface area contributed by atoms with E-state index in [0.717, 1.165) is 36.8 Å². The first kappa shape index (κ1) is 20.2. The van der Waals surface area contributed by atoms with Gasteiger partial charge in [0.25, 0.3) is 0 Å². The molecular formula is C25H30O5. The second-order valence-corrected chi connectivity index (χ2v) is 8.45. The van der Waals surface area contributed by atoms with Crippen LogP contribution in [-0.4, -0.2) is 44.1 Å². The predicted molar refractivity (Wildman–Crippen MR) is 112 cm³/mol. The van der Waals surface area contributed by atoms with Gasteiger partial charge in [0.05, 0.1) is 6.61 Å². The zero-order valence-electron chi connectivity index (χ0n) is 17.4. The average Bonchev–Trinajstić information content (AvgIpc) is 3.31. The van der Waals surface area contributed by atoms with E-state index in [2.05, 4.69) is 24.3 Å². The molecule has 0 radical (unpaired) electrons. The molecule has 2 saturated heterocycles. The summed E-state index contributed by atoms with van der Waals surface area (Å²) >= 11 is 0. The third-order valence-electron chi connectivity index (χ3n) is 6.45. The molecule has 30 heavy (non-hydrogen) atoms. The Morgan fingerprint density at radius 1 is 0.867 bits per heavy atom. The van der Waals surface area contributed by atoms with Gasteiger partial charge in [-0.15, -0.1) is 0 Å². The number of rotatable bonds is 6. The van der Waals surface area contributed by atoms with Crippen molar-refractivity contribution >= 4 is 0 Å². The number of ether oxygens (including phenoxy) is 5. The Bertz CT molecular complexity index is 765. The van der Waals surface area contributed by atoms with Crippen LogP contribution in [-0.2, 0) is 23.7 Å². The summed E-state index contributed by atoms with van der Waals surface area (Å²) in [4.78, 5) is 0. The largest absolute Gasteiger partial charge is 0.366 e. The zero-order valence-corrected chi connectivity index (χ0v) is 17.4. The monoisotopic (exact) mass is 410 g/mol. The lowest BCUT2D eigenvalue weighted by atomic mass is 9.94. The highest BCUT2D eigenvalue weighted by Crippen LogP contribution is 2.46. The highest BCUT2D eigenvalue weighted by molar-refractivity contribution is 5.29. The first-order chi connectivity index (χ1) is 14.8. The van der Waals surface area contributed by atoms with E-state index in [9.17, 15) is 0 Å². The normalized spacial score (nSPS) is 30.1. The van der Waals surface area contributed by atoms with Crippen LogP contribution in [0.3, 0.4) is 0 Å². The molecule has 1 spiro atoms. The van der Waals surface area contributed by atoms with Crippen molar-refractivity contribution in [2.24, 2.45) is 0 Å². The molecular weight excluding hydrogens is 380 g/mol. The van der Waals surface area contributed by atoms with Crippen molar-refractivity contribution in [1.82, 2.24) is 0 Å². The van der Waals surface area contributed by atoms with Gasteiger partial charge >= 0.3 is 0 Å². The van der Waals surface area contributed by atoms with Crippen molar-refractivity contribution in [2.75, 3.05) is 13.7 Å². The Hall–Kier alpha value is -1.76. The van der Waals surface area contributed by atoms with Crippen molar-refractivity contribution < 1.29 is 23.7 Å². The summed E-state index contributed by atoms with van der Waals surface area (Å²) in [6.45, 7) is 0.412. The van der Waals surface area contributed by atoms with Crippen LogP contribution in [0.15, 0.2) is 60.7 Å². The Labute approximate surface area is 178 Å². The van der Waals surface area contributed by atoms with E-state index < -0.39 is 12.1 Å². The van der Waals surface area contributed by atoms with E-state index in [-0.39, 0.29) is 24.4 Å². The molecule has 2 aromatic rings. The molecule has 5 nitrogen and oxygen atoms in total. The van der Waals surface area contributed by atoms with Crippen LogP contribution in [0, 0.1) is 0 Å². The van der Waals surface area contributed by atoms with E-state index in [1.807, 2.05) is 36.4 Å². The molecule has 0 aromatic heterocycles. The molecule has 160 valence electrons. The molecule has 0 unspecified atom stereocenters. The van der Waals surface area contributed by atoms with Crippen molar-refractivity contribution in [3.63, 3.8) is 0 Å². The molecule has 0 bridgehead atoms. The van der Waals surface area contributed by atoms with Crippen LogP contribution >= 0.6 is 0 Å². The van der Waals surface area contributed by atoms with Gasteiger partial charge in [0.2, 0.25) is 0 Å². The van der Waals surface area contributed by atoms with Crippen LogP contribution in [0.1, 0.15) is 49.3 Å². The molecule has 5 heteroatoms. The minimum absolute atomic E-state index is 0.165. The quantitative estimate of drug-likeness (QED) is 0.696. The maximum absolute atomic E-state index is 6.50. The summed E-state index contributed by atoms with van der Waals surface area (Å²) in [5.41, 5.74) is 2.24. The number of fused-ring (bicyclic) bond motifs is 1. The molecule has 2 aliphatic heterocycles. The van der Waals surface area contributed by atoms with Crippen molar-refractivity contribution in [1.29, 1.82) is 0 Å². The Kier molecular flexibility index (Phi) is 5.89. The predicted octanol–water partition coefficient (Wildman–Crippen LogP) is 4.61. The number of methoxy groups -OCH3 is 1. The van der Waals surface area contributed by atoms with Gasteiger partial charge in [0.15, 0.2) is 12.1 Å². The molecule has 1 saturated carbocycles. The molecule has 3 aliphatic rings.